The van der Waals surface area contributed by atoms with Crippen LogP contribution in [0.1, 0.15) is 207 Å². The molecule has 0 saturated carbocycles. The number of unbranched alkanes of at least 4 members (excludes halogenated alkanes) is 16. The molecule has 0 aliphatic heterocycles. The number of ether oxygens (including phenoxy) is 3. The molecule has 0 bridgehead atoms. The lowest BCUT2D eigenvalue weighted by Gasteiger charge is -2.18. The summed E-state index contributed by atoms with van der Waals surface area (Å²) in [6, 6.07) is 0. The second-order valence-corrected chi connectivity index (χ2v) is 16.8. The molecule has 0 spiro atoms. The van der Waals surface area contributed by atoms with E-state index in [1.165, 1.54) is 70.6 Å². The van der Waals surface area contributed by atoms with E-state index < -0.39 is 12.1 Å². The zero-order valence-corrected chi connectivity index (χ0v) is 42.1. The van der Waals surface area contributed by atoms with Gasteiger partial charge in [0.2, 0.25) is 0 Å². The number of hydrogen-bond donors (Lipinski definition) is 0. The zero-order chi connectivity index (χ0) is 47.9. The van der Waals surface area contributed by atoms with Gasteiger partial charge >= 0.3 is 17.9 Å². The lowest BCUT2D eigenvalue weighted by molar-refractivity contribution is -0.167. The van der Waals surface area contributed by atoms with E-state index in [9.17, 15) is 14.4 Å². The molecule has 1 unspecified atom stereocenters. The number of carbonyl (C=O) groups excluding carboxylic acids is 3. The molecule has 66 heavy (non-hydrogen) atoms. The van der Waals surface area contributed by atoms with Gasteiger partial charge in [-0.15, -0.1) is 0 Å². The minimum absolute atomic E-state index is 0.132. The van der Waals surface area contributed by atoms with Crippen LogP contribution in [0.25, 0.3) is 0 Å². The van der Waals surface area contributed by atoms with Gasteiger partial charge in [-0.3, -0.25) is 14.4 Å². The van der Waals surface area contributed by atoms with Gasteiger partial charge in [0.15, 0.2) is 6.10 Å². The van der Waals surface area contributed by atoms with Gasteiger partial charge in [0.25, 0.3) is 0 Å². The Labute approximate surface area is 405 Å². The first-order valence-electron chi connectivity index (χ1n) is 26.3. The Morgan fingerprint density at radius 1 is 0.333 bits per heavy atom. The summed E-state index contributed by atoms with van der Waals surface area (Å²) in [6.45, 7) is 6.24. The molecule has 0 aromatic rings. The van der Waals surface area contributed by atoms with E-state index >= 15 is 0 Å². The van der Waals surface area contributed by atoms with Crippen LogP contribution >= 0.6 is 0 Å². The fourth-order valence-electron chi connectivity index (χ4n) is 6.62. The van der Waals surface area contributed by atoms with Gasteiger partial charge in [0.1, 0.15) is 13.2 Å². The molecule has 1 atom stereocenters. The van der Waals surface area contributed by atoms with E-state index in [1.807, 2.05) is 54.7 Å². The molecule has 370 valence electrons. The molecule has 0 aromatic carbocycles. The van der Waals surface area contributed by atoms with Crippen LogP contribution in [0.2, 0.25) is 0 Å². The number of hydrogen-bond acceptors (Lipinski definition) is 6. The van der Waals surface area contributed by atoms with Crippen molar-refractivity contribution in [1.29, 1.82) is 0 Å². The fraction of sp³-hybridized carbons (Fsp3) is 0.583. The van der Waals surface area contributed by atoms with Crippen LogP contribution in [0.15, 0.2) is 134 Å². The van der Waals surface area contributed by atoms with Crippen LogP contribution in [-0.4, -0.2) is 37.2 Å². The van der Waals surface area contributed by atoms with Gasteiger partial charge in [-0.25, -0.2) is 0 Å². The van der Waals surface area contributed by atoms with Crippen molar-refractivity contribution in [2.45, 2.75) is 213 Å². The summed E-state index contributed by atoms with van der Waals surface area (Å²) in [7, 11) is 0. The largest absolute Gasteiger partial charge is 0.462 e. The summed E-state index contributed by atoms with van der Waals surface area (Å²) in [5.74, 6) is -1.09. The second-order valence-electron chi connectivity index (χ2n) is 16.8. The van der Waals surface area contributed by atoms with Crippen molar-refractivity contribution in [2.75, 3.05) is 13.2 Å². The van der Waals surface area contributed by atoms with E-state index in [2.05, 4.69) is 99.8 Å². The van der Waals surface area contributed by atoms with Crippen molar-refractivity contribution in [3.63, 3.8) is 0 Å². The zero-order valence-electron chi connectivity index (χ0n) is 42.1. The van der Waals surface area contributed by atoms with Crippen LogP contribution in [0.4, 0.5) is 0 Å². The Kier molecular flexibility index (Phi) is 49.6. The highest BCUT2D eigenvalue weighted by Crippen LogP contribution is 2.13. The van der Waals surface area contributed by atoms with Crippen LogP contribution in [0.5, 0.6) is 0 Å². The molecule has 0 N–H and O–H groups in total. The van der Waals surface area contributed by atoms with Crippen molar-refractivity contribution in [3.8, 4) is 0 Å². The minimum atomic E-state index is -0.844. The Bertz CT molecular complexity index is 1460. The average Bonchev–Trinajstić information content (AvgIpc) is 3.31. The fourth-order valence-corrected chi connectivity index (χ4v) is 6.62. The van der Waals surface area contributed by atoms with E-state index in [0.717, 1.165) is 83.5 Å². The smallest absolute Gasteiger partial charge is 0.306 e. The van der Waals surface area contributed by atoms with Crippen LogP contribution in [-0.2, 0) is 28.6 Å². The van der Waals surface area contributed by atoms with Gasteiger partial charge in [-0.1, -0.05) is 225 Å². The third kappa shape index (κ3) is 50.5. The summed E-state index contributed by atoms with van der Waals surface area (Å²) in [5.41, 5.74) is 0. The first-order valence-corrected chi connectivity index (χ1v) is 26.3. The van der Waals surface area contributed by atoms with Gasteiger partial charge < -0.3 is 14.2 Å². The molecule has 0 aromatic heterocycles. The maximum Gasteiger partial charge on any atom is 0.306 e. The number of esters is 3. The highest BCUT2D eigenvalue weighted by Gasteiger charge is 2.19. The highest BCUT2D eigenvalue weighted by atomic mass is 16.6. The van der Waals surface area contributed by atoms with E-state index in [4.69, 9.17) is 14.2 Å². The molecule has 0 aliphatic carbocycles. The van der Waals surface area contributed by atoms with E-state index in [1.54, 1.807) is 0 Å². The maximum absolute atomic E-state index is 12.8. The molecule has 0 radical (unpaired) electrons. The van der Waals surface area contributed by atoms with Crippen LogP contribution in [0.3, 0.4) is 0 Å². The molecular weight excluding hydrogens is 817 g/mol. The highest BCUT2D eigenvalue weighted by molar-refractivity contribution is 5.71. The number of allylic oxidation sites excluding steroid dienone is 22. The van der Waals surface area contributed by atoms with Crippen LogP contribution < -0.4 is 0 Å². The molecule has 0 rings (SSSR count). The second kappa shape index (κ2) is 53.2. The summed E-state index contributed by atoms with van der Waals surface area (Å²) in [4.78, 5) is 38.0. The normalized spacial score (nSPS) is 13.2. The molecule has 6 nitrogen and oxygen atoms in total. The number of rotatable bonds is 45. The standard InChI is InChI=1S/C60H94O6/c1-4-7-10-13-16-19-22-25-27-29-31-32-35-38-41-44-47-50-53-59(62)65-56-57(55-64-58(61)52-49-46-43-40-37-34-24-21-18-15-12-9-6-3)66-60(63)54-51-48-45-42-39-36-33-30-28-26-23-20-17-14-11-8-5-2/h8-9,11-12,15,17-18,20-21,24,26,28,31-34,36-37,40,42-43,45,57H,4-7,10,13-14,16,19,22-23,25,27,29-30,35,38-39,41,44,46-56H2,1-3H3/b11-8+,12-9+,18-15+,20-17+,24-21+,28-26+,32-31+,36-33+,37-34+,43-40+,45-42+. The third-order valence-electron chi connectivity index (χ3n) is 10.5. The van der Waals surface area contributed by atoms with Crippen molar-refractivity contribution >= 4 is 17.9 Å². The predicted octanol–water partition coefficient (Wildman–Crippen LogP) is 17.5. The van der Waals surface area contributed by atoms with E-state index in [-0.39, 0.29) is 38.0 Å². The van der Waals surface area contributed by atoms with Gasteiger partial charge in [0, 0.05) is 19.3 Å². The molecule has 0 heterocycles. The Morgan fingerprint density at radius 3 is 1.18 bits per heavy atom. The monoisotopic (exact) mass is 911 g/mol. The third-order valence-corrected chi connectivity index (χ3v) is 10.5. The maximum atomic E-state index is 12.8. The first-order chi connectivity index (χ1) is 32.5. The van der Waals surface area contributed by atoms with Gasteiger partial charge in [-0.2, -0.15) is 0 Å². The van der Waals surface area contributed by atoms with E-state index in [0.29, 0.717) is 19.3 Å². The van der Waals surface area contributed by atoms with Crippen molar-refractivity contribution < 1.29 is 28.6 Å². The van der Waals surface area contributed by atoms with Crippen LogP contribution in [0, 0.1) is 0 Å². The molecule has 0 fully saturated rings. The quantitative estimate of drug-likeness (QED) is 0.0199. The lowest BCUT2D eigenvalue weighted by atomic mass is 10.1. The first kappa shape index (κ1) is 61.5. The van der Waals surface area contributed by atoms with Gasteiger partial charge in [-0.05, 0) is 96.3 Å². The SMILES string of the molecule is CC/C=C/C=C/C=C/C=C/C=C/CCCC(=O)OCC(COC(=O)CCCCCCC/C=C/CCCCCCCCCCC)OC(=O)CCC/C=C/C/C=C/C/C=C/C/C=C/C/C=C/CC. The summed E-state index contributed by atoms with van der Waals surface area (Å²) in [5, 5.41) is 0. The van der Waals surface area contributed by atoms with Crippen molar-refractivity contribution in [3.05, 3.63) is 134 Å². The molecule has 6 heteroatoms. The molecule has 0 aliphatic rings. The van der Waals surface area contributed by atoms with Gasteiger partial charge in [0.05, 0.1) is 0 Å². The average molecular weight is 911 g/mol. The summed E-state index contributed by atoms with van der Waals surface area (Å²) < 4.78 is 16.7. The predicted molar refractivity (Wildman–Crippen MR) is 283 cm³/mol. The minimum Gasteiger partial charge on any atom is -0.462 e. The number of carbonyl (C=O) groups is 3. The Morgan fingerprint density at radius 2 is 0.682 bits per heavy atom. The van der Waals surface area contributed by atoms with Crippen molar-refractivity contribution in [1.82, 2.24) is 0 Å². The summed E-state index contributed by atoms with van der Waals surface area (Å²) >= 11 is 0. The summed E-state index contributed by atoms with van der Waals surface area (Å²) in [6.07, 6.45) is 74.5. The lowest BCUT2D eigenvalue weighted by Crippen LogP contribution is -2.30. The molecule has 0 saturated heterocycles. The topological polar surface area (TPSA) is 78.9 Å². The van der Waals surface area contributed by atoms with Crippen molar-refractivity contribution in [2.24, 2.45) is 0 Å². The molecule has 0 amide bonds. The Balaban J connectivity index is 4.58. The molecular formula is C60H94O6. The Hall–Kier alpha value is -4.45.